The standard InChI is InChI=1S/C29H30N4O3S/c1-6-32(7-2)28(35)25-18(3)30-29-33(26(25)21-13-9-11-15-23(21)36-5)27(34)24(37-29)16-19-17-31(4)22-14-10-8-12-20(19)22/h8-17,26H,6-7H2,1-5H3/b24-16+/t26-/m0/s1. The summed E-state index contributed by atoms with van der Waals surface area (Å²) in [6.07, 6.45) is 3.96. The molecule has 1 aliphatic rings. The third-order valence-corrected chi connectivity index (χ3v) is 7.93. The van der Waals surface area contributed by atoms with Gasteiger partial charge in [0, 0.05) is 48.4 Å². The Bertz CT molecular complexity index is 1720. The number of nitrogens with zero attached hydrogens (tertiary/aromatic N) is 4. The maximum atomic E-state index is 14.0. The summed E-state index contributed by atoms with van der Waals surface area (Å²) < 4.78 is 9.96. The van der Waals surface area contributed by atoms with E-state index >= 15 is 0 Å². The molecular weight excluding hydrogens is 484 g/mol. The number of aryl methyl sites for hydroxylation is 1. The van der Waals surface area contributed by atoms with Crippen LogP contribution in [-0.4, -0.2) is 40.1 Å². The van der Waals surface area contributed by atoms with Crippen molar-refractivity contribution in [1.29, 1.82) is 0 Å². The summed E-state index contributed by atoms with van der Waals surface area (Å²) in [6.45, 7) is 6.89. The van der Waals surface area contributed by atoms with E-state index in [1.54, 1.807) is 16.6 Å². The molecule has 7 nitrogen and oxygen atoms in total. The van der Waals surface area contributed by atoms with Gasteiger partial charge in [-0.25, -0.2) is 4.99 Å². The van der Waals surface area contributed by atoms with Gasteiger partial charge in [0.25, 0.3) is 11.5 Å². The third-order valence-electron chi connectivity index (χ3n) is 6.95. The van der Waals surface area contributed by atoms with E-state index in [9.17, 15) is 9.59 Å². The minimum absolute atomic E-state index is 0.120. The van der Waals surface area contributed by atoms with Crippen LogP contribution >= 0.6 is 11.3 Å². The fourth-order valence-corrected chi connectivity index (χ4v) is 6.13. The summed E-state index contributed by atoms with van der Waals surface area (Å²) in [6, 6.07) is 15.0. The maximum Gasteiger partial charge on any atom is 0.271 e. The lowest BCUT2D eigenvalue weighted by Crippen LogP contribution is -2.43. The van der Waals surface area contributed by atoms with Gasteiger partial charge in [0.2, 0.25) is 0 Å². The molecule has 1 amide bonds. The second-order valence-electron chi connectivity index (χ2n) is 9.01. The van der Waals surface area contributed by atoms with Crippen molar-refractivity contribution in [2.75, 3.05) is 20.2 Å². The molecular formula is C29H30N4O3S. The molecule has 5 rings (SSSR count). The first-order valence-electron chi connectivity index (χ1n) is 12.4. The van der Waals surface area contributed by atoms with Gasteiger partial charge in [-0.1, -0.05) is 47.7 Å². The zero-order chi connectivity index (χ0) is 26.3. The molecule has 3 heterocycles. The fraction of sp³-hybridized carbons (Fsp3) is 0.276. The molecule has 8 heteroatoms. The highest BCUT2D eigenvalue weighted by atomic mass is 32.1. The Morgan fingerprint density at radius 3 is 2.57 bits per heavy atom. The van der Waals surface area contributed by atoms with Crippen LogP contribution < -0.4 is 19.6 Å². The Hall–Kier alpha value is -3.91. The number of rotatable bonds is 6. The van der Waals surface area contributed by atoms with Crippen LogP contribution in [-0.2, 0) is 11.8 Å². The zero-order valence-corrected chi connectivity index (χ0v) is 22.5. The van der Waals surface area contributed by atoms with Gasteiger partial charge in [-0.15, -0.1) is 0 Å². The van der Waals surface area contributed by atoms with Crippen molar-refractivity contribution in [3.63, 3.8) is 0 Å². The summed E-state index contributed by atoms with van der Waals surface area (Å²) in [5.74, 6) is 0.501. The van der Waals surface area contributed by atoms with Crippen LogP contribution in [0.3, 0.4) is 0 Å². The number of allylic oxidation sites excluding steroid dienone is 1. The smallest absolute Gasteiger partial charge is 0.271 e. The van der Waals surface area contributed by atoms with E-state index in [4.69, 9.17) is 9.73 Å². The van der Waals surface area contributed by atoms with Crippen molar-refractivity contribution < 1.29 is 9.53 Å². The van der Waals surface area contributed by atoms with Crippen LogP contribution in [0.2, 0.25) is 0 Å². The Morgan fingerprint density at radius 1 is 1.14 bits per heavy atom. The summed E-state index contributed by atoms with van der Waals surface area (Å²) >= 11 is 1.34. The average Bonchev–Trinajstić information content (AvgIpc) is 3.39. The lowest BCUT2D eigenvalue weighted by molar-refractivity contribution is -0.127. The normalized spacial score (nSPS) is 15.6. The summed E-state index contributed by atoms with van der Waals surface area (Å²) in [4.78, 5) is 34.9. The molecule has 1 aliphatic heterocycles. The molecule has 37 heavy (non-hydrogen) atoms. The number of amides is 1. The molecule has 4 aromatic rings. The topological polar surface area (TPSA) is 68.8 Å². The predicted molar refractivity (Wildman–Crippen MR) is 148 cm³/mol. The van der Waals surface area contributed by atoms with Crippen LogP contribution in [0, 0.1) is 0 Å². The second kappa shape index (κ2) is 9.86. The van der Waals surface area contributed by atoms with E-state index < -0.39 is 6.04 Å². The van der Waals surface area contributed by atoms with Crippen molar-refractivity contribution >= 4 is 34.2 Å². The van der Waals surface area contributed by atoms with Gasteiger partial charge >= 0.3 is 0 Å². The van der Waals surface area contributed by atoms with Gasteiger partial charge in [-0.3, -0.25) is 14.2 Å². The number of ether oxygens (including phenoxy) is 1. The van der Waals surface area contributed by atoms with Gasteiger partial charge in [0.1, 0.15) is 11.8 Å². The molecule has 2 aromatic heterocycles. The molecule has 0 saturated carbocycles. The second-order valence-corrected chi connectivity index (χ2v) is 10.0. The van der Waals surface area contributed by atoms with Crippen LogP contribution in [0.15, 0.2) is 75.8 Å². The van der Waals surface area contributed by atoms with Gasteiger partial charge in [-0.2, -0.15) is 0 Å². The molecule has 0 saturated heterocycles. The molecule has 0 N–H and O–H groups in total. The van der Waals surface area contributed by atoms with Gasteiger partial charge < -0.3 is 14.2 Å². The highest BCUT2D eigenvalue weighted by molar-refractivity contribution is 7.07. The summed E-state index contributed by atoms with van der Waals surface area (Å²) in [7, 11) is 3.60. The number of hydrogen-bond donors (Lipinski definition) is 0. The SMILES string of the molecule is CCN(CC)C(=O)C1=C(C)N=c2s/c(=C/c3cn(C)c4ccccc34)c(=O)n2[C@H]1c1ccccc1OC. The number of para-hydroxylation sites is 2. The number of carbonyl (C=O) groups is 1. The molecule has 190 valence electrons. The van der Waals surface area contributed by atoms with Gasteiger partial charge in [0.15, 0.2) is 4.80 Å². The Morgan fingerprint density at radius 2 is 1.84 bits per heavy atom. The molecule has 2 aromatic carbocycles. The molecule has 0 aliphatic carbocycles. The number of fused-ring (bicyclic) bond motifs is 2. The number of benzene rings is 2. The third kappa shape index (κ3) is 4.11. The first-order chi connectivity index (χ1) is 17.9. The predicted octanol–water partition coefficient (Wildman–Crippen LogP) is 3.60. The largest absolute Gasteiger partial charge is 0.496 e. The fourth-order valence-electron chi connectivity index (χ4n) is 5.09. The highest BCUT2D eigenvalue weighted by Gasteiger charge is 2.35. The number of carbonyl (C=O) groups excluding carboxylic acids is 1. The lowest BCUT2D eigenvalue weighted by Gasteiger charge is -2.29. The minimum atomic E-state index is -0.643. The van der Waals surface area contributed by atoms with Crippen molar-refractivity contribution in [2.24, 2.45) is 12.0 Å². The number of thiazole rings is 1. The Kier molecular flexibility index (Phi) is 6.60. The van der Waals surface area contributed by atoms with Gasteiger partial charge in [-0.05, 0) is 39.0 Å². The summed E-state index contributed by atoms with van der Waals surface area (Å²) in [5.41, 5.74) is 3.75. The Balaban J connectivity index is 1.78. The highest BCUT2D eigenvalue weighted by Crippen LogP contribution is 2.36. The van der Waals surface area contributed by atoms with E-state index in [0.29, 0.717) is 39.4 Å². The van der Waals surface area contributed by atoms with Crippen molar-refractivity contribution in [3.05, 3.63) is 96.8 Å². The van der Waals surface area contributed by atoms with E-state index in [1.165, 1.54) is 11.3 Å². The number of aromatic nitrogens is 2. The molecule has 0 radical (unpaired) electrons. The number of methoxy groups -OCH3 is 1. The van der Waals surface area contributed by atoms with Crippen LogP contribution in [0.1, 0.15) is 37.9 Å². The summed E-state index contributed by atoms with van der Waals surface area (Å²) in [5, 5.41) is 1.07. The molecule has 0 unspecified atom stereocenters. The maximum absolute atomic E-state index is 14.0. The number of likely N-dealkylation sites (N-methyl/N-ethyl adjacent to an activating group) is 1. The van der Waals surface area contributed by atoms with E-state index in [2.05, 4.69) is 16.7 Å². The first kappa shape index (κ1) is 24.8. The minimum Gasteiger partial charge on any atom is -0.496 e. The van der Waals surface area contributed by atoms with Crippen LogP contribution in [0.4, 0.5) is 0 Å². The van der Waals surface area contributed by atoms with Crippen LogP contribution in [0.25, 0.3) is 17.0 Å². The molecule has 0 fully saturated rings. The molecule has 0 spiro atoms. The lowest BCUT2D eigenvalue weighted by atomic mass is 9.94. The van der Waals surface area contributed by atoms with Crippen molar-refractivity contribution in [1.82, 2.24) is 14.0 Å². The van der Waals surface area contributed by atoms with Crippen molar-refractivity contribution in [3.8, 4) is 5.75 Å². The van der Waals surface area contributed by atoms with Gasteiger partial charge in [0.05, 0.1) is 22.9 Å². The first-order valence-corrected chi connectivity index (χ1v) is 13.2. The monoisotopic (exact) mass is 514 g/mol. The molecule has 0 bridgehead atoms. The van der Waals surface area contributed by atoms with Crippen LogP contribution in [0.5, 0.6) is 5.75 Å². The zero-order valence-electron chi connectivity index (χ0n) is 21.7. The number of hydrogen-bond acceptors (Lipinski definition) is 5. The average molecular weight is 515 g/mol. The van der Waals surface area contributed by atoms with Crippen molar-refractivity contribution in [2.45, 2.75) is 26.8 Å². The Labute approximate surface area is 219 Å². The van der Waals surface area contributed by atoms with E-state index in [1.807, 2.05) is 76.5 Å². The molecule has 1 atom stereocenters. The van der Waals surface area contributed by atoms with E-state index in [-0.39, 0.29) is 11.5 Å². The van der Waals surface area contributed by atoms with E-state index in [0.717, 1.165) is 22.0 Å². The quantitative estimate of drug-likeness (QED) is 0.395.